The number of carbonyl (C=O) groups excluding carboxylic acids is 2. The fourth-order valence-corrected chi connectivity index (χ4v) is 4.16. The van der Waals surface area contributed by atoms with Gasteiger partial charge in [-0.15, -0.1) is 6.58 Å². The van der Waals surface area contributed by atoms with E-state index < -0.39 is 24.0 Å². The van der Waals surface area contributed by atoms with E-state index in [1.54, 1.807) is 25.4 Å². The molecule has 0 saturated carbocycles. The van der Waals surface area contributed by atoms with Crippen LogP contribution in [0.4, 0.5) is 0 Å². The summed E-state index contributed by atoms with van der Waals surface area (Å²) in [4.78, 5) is 30.4. The third-order valence-corrected chi connectivity index (χ3v) is 5.60. The van der Waals surface area contributed by atoms with Crippen LogP contribution in [0.2, 0.25) is 0 Å². The number of fused-ring (bicyclic) bond motifs is 4. The summed E-state index contributed by atoms with van der Waals surface area (Å²) in [6.45, 7) is 4.20. The molecular formula is C20H20N2O4. The lowest BCUT2D eigenvalue weighted by atomic mass is 9.72. The van der Waals surface area contributed by atoms with Crippen molar-refractivity contribution in [3.8, 4) is 5.75 Å². The first kappa shape index (κ1) is 16.7. The highest BCUT2D eigenvalue weighted by Gasteiger charge is 2.51. The number of ketones is 1. The maximum atomic E-state index is 12.4. The van der Waals surface area contributed by atoms with Gasteiger partial charge in [0, 0.05) is 30.0 Å². The molecular weight excluding hydrogens is 332 g/mol. The number of aliphatic hydroxyl groups excluding tert-OH is 1. The molecule has 0 spiro atoms. The van der Waals surface area contributed by atoms with E-state index in [0.717, 1.165) is 10.9 Å². The topological polar surface area (TPSA) is 79.7 Å². The van der Waals surface area contributed by atoms with Crippen LogP contribution < -0.4 is 4.74 Å². The molecule has 3 fully saturated rings. The Kier molecular flexibility index (Phi) is 4.00. The number of amides is 1. The number of methoxy groups -OCH3 is 1. The van der Waals surface area contributed by atoms with Gasteiger partial charge in [-0.2, -0.15) is 0 Å². The lowest BCUT2D eigenvalue weighted by Gasteiger charge is -2.49. The standard InChI is InChI=1S/C20H20N2O4/c1-3-11-10-22-17(9-14(11)19(24)20(22)25)18(23)13-6-7-21-16-5-4-12(26-2)8-15(13)16/h3-8,11,14,17-18,23H,1,9-10H2,2H3/t11-,14-,17+,18-/m0/s1. The number of rotatable bonds is 4. The Morgan fingerprint density at radius 2 is 2.19 bits per heavy atom. The molecule has 1 amide bonds. The van der Waals surface area contributed by atoms with Gasteiger partial charge in [-0.3, -0.25) is 14.6 Å². The van der Waals surface area contributed by atoms with Crippen LogP contribution in [-0.2, 0) is 9.59 Å². The third kappa shape index (κ3) is 2.41. The Hall–Kier alpha value is -2.73. The van der Waals surface area contributed by atoms with Crippen molar-refractivity contribution in [2.75, 3.05) is 13.7 Å². The van der Waals surface area contributed by atoms with E-state index in [0.29, 0.717) is 24.3 Å². The zero-order valence-electron chi connectivity index (χ0n) is 14.5. The van der Waals surface area contributed by atoms with Gasteiger partial charge in [0.25, 0.3) is 5.91 Å². The van der Waals surface area contributed by atoms with Crippen molar-refractivity contribution in [2.24, 2.45) is 11.8 Å². The first-order chi connectivity index (χ1) is 12.5. The summed E-state index contributed by atoms with van der Waals surface area (Å²) in [6.07, 6.45) is 2.91. The van der Waals surface area contributed by atoms with Crippen LogP contribution in [0.15, 0.2) is 43.1 Å². The number of carbonyl (C=O) groups is 2. The second kappa shape index (κ2) is 6.21. The smallest absolute Gasteiger partial charge is 0.290 e. The molecule has 5 rings (SSSR count). The number of hydrogen-bond donors (Lipinski definition) is 1. The minimum atomic E-state index is -0.905. The summed E-state index contributed by atoms with van der Waals surface area (Å²) < 4.78 is 5.28. The van der Waals surface area contributed by atoms with E-state index in [1.807, 2.05) is 18.2 Å². The van der Waals surface area contributed by atoms with Crippen molar-refractivity contribution in [1.29, 1.82) is 0 Å². The average molecular weight is 352 g/mol. The fourth-order valence-electron chi connectivity index (χ4n) is 4.16. The monoisotopic (exact) mass is 352 g/mol. The molecule has 1 aromatic carbocycles. The van der Waals surface area contributed by atoms with Crippen molar-refractivity contribution < 1.29 is 19.4 Å². The molecule has 134 valence electrons. The SMILES string of the molecule is C=C[C@H]1CN2C(=O)C(=O)[C@H]1C[C@@H]2[C@@H](O)c1ccnc2ccc(OC)cc12. The van der Waals surface area contributed by atoms with Gasteiger partial charge >= 0.3 is 0 Å². The second-order valence-corrected chi connectivity index (χ2v) is 6.86. The second-order valence-electron chi connectivity index (χ2n) is 6.86. The number of aliphatic hydroxyl groups is 1. The van der Waals surface area contributed by atoms with E-state index in [-0.39, 0.29) is 11.7 Å². The summed E-state index contributed by atoms with van der Waals surface area (Å²) in [6, 6.07) is 6.80. The summed E-state index contributed by atoms with van der Waals surface area (Å²) in [5.74, 6) is -0.641. The van der Waals surface area contributed by atoms with Crippen LogP contribution in [0.3, 0.4) is 0 Å². The predicted octanol–water partition coefficient (Wildman–Crippen LogP) is 1.88. The number of benzene rings is 1. The summed E-state index contributed by atoms with van der Waals surface area (Å²) in [7, 11) is 1.58. The normalized spacial score (nSPS) is 26.2. The number of pyridine rings is 1. The van der Waals surface area contributed by atoms with Gasteiger partial charge < -0.3 is 14.7 Å². The molecule has 4 atom stereocenters. The fraction of sp³-hybridized carbons (Fsp3) is 0.350. The van der Waals surface area contributed by atoms with Crippen LogP contribution in [0.25, 0.3) is 10.9 Å². The van der Waals surface area contributed by atoms with E-state index in [2.05, 4.69) is 11.6 Å². The summed E-state index contributed by atoms with van der Waals surface area (Å²) in [5, 5.41) is 11.9. The molecule has 0 radical (unpaired) electrons. The van der Waals surface area contributed by atoms with Crippen LogP contribution in [0, 0.1) is 11.8 Å². The Bertz CT molecular complexity index is 910. The van der Waals surface area contributed by atoms with Crippen LogP contribution in [0.5, 0.6) is 5.75 Å². The van der Waals surface area contributed by atoms with Crippen molar-refractivity contribution in [3.05, 3.63) is 48.7 Å². The van der Waals surface area contributed by atoms with Crippen LogP contribution >= 0.6 is 0 Å². The molecule has 0 unspecified atom stereocenters. The van der Waals surface area contributed by atoms with E-state index in [4.69, 9.17) is 4.74 Å². The third-order valence-electron chi connectivity index (χ3n) is 5.60. The maximum Gasteiger partial charge on any atom is 0.290 e. The van der Waals surface area contributed by atoms with E-state index >= 15 is 0 Å². The number of aromatic nitrogens is 1. The minimum Gasteiger partial charge on any atom is -0.497 e. The quantitative estimate of drug-likeness (QED) is 0.671. The van der Waals surface area contributed by atoms with Gasteiger partial charge in [-0.05, 0) is 36.2 Å². The van der Waals surface area contributed by atoms with Gasteiger partial charge in [-0.25, -0.2) is 0 Å². The molecule has 1 aromatic heterocycles. The number of hydrogen-bond acceptors (Lipinski definition) is 5. The number of nitrogens with zero attached hydrogens (tertiary/aromatic N) is 2. The molecule has 3 saturated heterocycles. The molecule has 2 bridgehead atoms. The lowest BCUT2D eigenvalue weighted by Crippen LogP contribution is -2.62. The Morgan fingerprint density at radius 1 is 1.38 bits per heavy atom. The van der Waals surface area contributed by atoms with Gasteiger partial charge in [0.15, 0.2) is 0 Å². The van der Waals surface area contributed by atoms with Crippen molar-refractivity contribution in [2.45, 2.75) is 18.6 Å². The molecule has 3 aliphatic rings. The first-order valence-electron chi connectivity index (χ1n) is 8.63. The highest BCUT2D eigenvalue weighted by Crippen LogP contribution is 2.41. The zero-order valence-corrected chi connectivity index (χ0v) is 14.5. The average Bonchev–Trinajstić information content (AvgIpc) is 2.69. The van der Waals surface area contributed by atoms with E-state index in [9.17, 15) is 14.7 Å². The van der Waals surface area contributed by atoms with Crippen LogP contribution in [0.1, 0.15) is 18.1 Å². The molecule has 6 heteroatoms. The Morgan fingerprint density at radius 3 is 2.92 bits per heavy atom. The van der Waals surface area contributed by atoms with Crippen molar-refractivity contribution >= 4 is 22.6 Å². The molecule has 1 N–H and O–H groups in total. The molecule has 6 nitrogen and oxygen atoms in total. The lowest BCUT2D eigenvalue weighted by molar-refractivity contribution is -0.164. The predicted molar refractivity (Wildman–Crippen MR) is 95.6 cm³/mol. The van der Waals surface area contributed by atoms with Crippen molar-refractivity contribution in [1.82, 2.24) is 9.88 Å². The van der Waals surface area contributed by atoms with Gasteiger partial charge in [0.1, 0.15) is 11.9 Å². The van der Waals surface area contributed by atoms with Crippen molar-refractivity contribution in [3.63, 3.8) is 0 Å². The molecule has 0 aliphatic carbocycles. The number of ether oxygens (including phenoxy) is 1. The number of Topliss-reactive ketones (excluding diaryl/α,β-unsaturated/α-hetero) is 1. The summed E-state index contributed by atoms with van der Waals surface area (Å²) >= 11 is 0. The first-order valence-corrected chi connectivity index (χ1v) is 8.63. The van der Waals surface area contributed by atoms with Crippen LogP contribution in [-0.4, -0.2) is 46.4 Å². The molecule has 3 aliphatic heterocycles. The molecule has 26 heavy (non-hydrogen) atoms. The minimum absolute atomic E-state index is 0.0436. The Balaban J connectivity index is 1.74. The highest BCUT2D eigenvalue weighted by atomic mass is 16.5. The maximum absolute atomic E-state index is 12.4. The molecule has 2 aromatic rings. The van der Waals surface area contributed by atoms with Gasteiger partial charge in [0.2, 0.25) is 5.78 Å². The highest BCUT2D eigenvalue weighted by molar-refractivity contribution is 6.38. The summed E-state index contributed by atoms with van der Waals surface area (Å²) in [5.41, 5.74) is 1.42. The zero-order chi connectivity index (χ0) is 18.4. The molecule has 4 heterocycles. The number of piperidine rings is 3. The van der Waals surface area contributed by atoms with Gasteiger partial charge in [-0.1, -0.05) is 6.08 Å². The Labute approximate surface area is 151 Å². The largest absolute Gasteiger partial charge is 0.497 e. The van der Waals surface area contributed by atoms with Gasteiger partial charge in [0.05, 0.1) is 18.7 Å². The van der Waals surface area contributed by atoms with E-state index in [1.165, 1.54) is 4.90 Å².